The van der Waals surface area contributed by atoms with E-state index in [1.165, 1.54) is 54.6 Å². The van der Waals surface area contributed by atoms with E-state index in [9.17, 15) is 0 Å². The minimum absolute atomic E-state index is 1.16. The summed E-state index contributed by atoms with van der Waals surface area (Å²) in [5, 5.41) is 0. The summed E-state index contributed by atoms with van der Waals surface area (Å²) in [7, 11) is 2.25. The van der Waals surface area contributed by atoms with Gasteiger partial charge < -0.3 is 9.80 Å². The maximum atomic E-state index is 2.62. The molecular weight excluding hydrogens is 347 g/mol. The first-order valence-electron chi connectivity index (χ1n) is 7.39. The van der Waals surface area contributed by atoms with Crippen molar-refractivity contribution >= 4 is 22.6 Å². The lowest BCUT2D eigenvalue weighted by molar-refractivity contribution is 0.197. The Hall–Kier alpha value is -0.130. The topological polar surface area (TPSA) is 6.48 Å². The summed E-state index contributed by atoms with van der Waals surface area (Å²) >= 11 is 2.36. The number of hydrogen-bond acceptors (Lipinski definition) is 2. The van der Waals surface area contributed by atoms with Gasteiger partial charge in [0.2, 0.25) is 0 Å². The van der Waals surface area contributed by atoms with Crippen molar-refractivity contribution in [3.63, 3.8) is 0 Å². The average molecular weight is 372 g/mol. The minimum Gasteiger partial charge on any atom is -0.305 e. The molecule has 0 atom stereocenters. The van der Waals surface area contributed by atoms with Gasteiger partial charge in [0.1, 0.15) is 0 Å². The molecule has 0 spiro atoms. The quantitative estimate of drug-likeness (QED) is 0.708. The molecule has 0 aliphatic carbocycles. The summed E-state index contributed by atoms with van der Waals surface area (Å²) in [6.07, 6.45) is 5.38. The van der Waals surface area contributed by atoms with E-state index in [4.69, 9.17) is 0 Å². The highest BCUT2D eigenvalue weighted by molar-refractivity contribution is 14.1. The first-order valence-corrected chi connectivity index (χ1v) is 8.47. The number of hydrogen-bond donors (Lipinski definition) is 0. The molecule has 0 bridgehead atoms. The van der Waals surface area contributed by atoms with E-state index in [-0.39, 0.29) is 0 Å². The number of halogens is 1. The Bertz CT molecular complexity index is 358. The molecule has 1 heterocycles. The highest BCUT2D eigenvalue weighted by atomic mass is 127. The van der Waals surface area contributed by atoms with Crippen molar-refractivity contribution in [1.82, 2.24) is 9.80 Å². The fourth-order valence-electron chi connectivity index (χ4n) is 2.58. The van der Waals surface area contributed by atoms with E-state index in [0.29, 0.717) is 0 Å². The molecule has 1 fully saturated rings. The van der Waals surface area contributed by atoms with Gasteiger partial charge >= 0.3 is 0 Å². The summed E-state index contributed by atoms with van der Waals surface area (Å²) in [6.45, 7) is 6.22. The predicted molar refractivity (Wildman–Crippen MR) is 90.7 cm³/mol. The van der Waals surface area contributed by atoms with Gasteiger partial charge in [-0.3, -0.25) is 0 Å². The number of likely N-dealkylation sites (N-methyl/N-ethyl adjacent to an activating group) is 1. The van der Waals surface area contributed by atoms with Gasteiger partial charge in [-0.2, -0.15) is 0 Å². The highest BCUT2D eigenvalue weighted by Crippen LogP contribution is 2.09. The number of benzene rings is 1. The van der Waals surface area contributed by atoms with Crippen LogP contribution in [0.1, 0.15) is 24.8 Å². The van der Waals surface area contributed by atoms with Crippen LogP contribution >= 0.6 is 22.6 Å². The number of rotatable bonds is 6. The van der Waals surface area contributed by atoms with E-state index in [1.807, 2.05) is 0 Å². The molecule has 0 unspecified atom stereocenters. The van der Waals surface area contributed by atoms with Gasteiger partial charge in [-0.1, -0.05) is 18.6 Å². The van der Waals surface area contributed by atoms with Gasteiger partial charge in [-0.05, 0) is 79.7 Å². The molecule has 1 saturated heterocycles. The molecule has 1 aliphatic heterocycles. The predicted octanol–water partition coefficient (Wildman–Crippen LogP) is 3.25. The lowest BCUT2D eigenvalue weighted by Gasteiger charge is -2.28. The van der Waals surface area contributed by atoms with Crippen LogP contribution in [0, 0.1) is 3.57 Å². The van der Waals surface area contributed by atoms with Crippen molar-refractivity contribution in [1.29, 1.82) is 0 Å². The third-order valence-corrected chi connectivity index (χ3v) is 4.66. The van der Waals surface area contributed by atoms with Gasteiger partial charge in [0.15, 0.2) is 0 Å². The monoisotopic (exact) mass is 372 g/mol. The minimum atomic E-state index is 1.16. The van der Waals surface area contributed by atoms with Crippen LogP contribution in [0.25, 0.3) is 0 Å². The first kappa shape index (κ1) is 15.3. The zero-order chi connectivity index (χ0) is 13.5. The van der Waals surface area contributed by atoms with Gasteiger partial charge in [0.25, 0.3) is 0 Å². The van der Waals surface area contributed by atoms with Crippen LogP contribution in [0.15, 0.2) is 24.3 Å². The third kappa shape index (κ3) is 5.79. The maximum Gasteiger partial charge on any atom is 0.0130 e. The second-order valence-electron chi connectivity index (χ2n) is 5.58. The molecule has 1 aromatic carbocycles. The lowest BCUT2D eigenvalue weighted by Crippen LogP contribution is -2.37. The third-order valence-electron chi connectivity index (χ3n) is 3.94. The summed E-state index contributed by atoms with van der Waals surface area (Å²) in [4.78, 5) is 5.08. The van der Waals surface area contributed by atoms with E-state index in [1.54, 1.807) is 0 Å². The lowest BCUT2D eigenvalue weighted by atomic mass is 10.1. The van der Waals surface area contributed by atoms with Crippen molar-refractivity contribution in [2.24, 2.45) is 0 Å². The van der Waals surface area contributed by atoms with Crippen LogP contribution in [0.3, 0.4) is 0 Å². The Morgan fingerprint density at radius 3 is 2.42 bits per heavy atom. The molecule has 1 aromatic rings. The Labute approximate surface area is 131 Å². The molecule has 106 valence electrons. The fraction of sp³-hybridized carbons (Fsp3) is 0.625. The molecular formula is C16H25IN2. The summed E-state index contributed by atoms with van der Waals surface area (Å²) in [5.41, 5.74) is 1.45. The molecule has 0 N–H and O–H groups in total. The number of likely N-dealkylation sites (tertiary alicyclic amines) is 1. The smallest absolute Gasteiger partial charge is 0.0130 e. The second kappa shape index (κ2) is 8.22. The van der Waals surface area contributed by atoms with E-state index >= 15 is 0 Å². The first-order chi connectivity index (χ1) is 9.24. The molecule has 1 aliphatic rings. The molecule has 3 heteroatoms. The van der Waals surface area contributed by atoms with Crippen molar-refractivity contribution < 1.29 is 0 Å². The van der Waals surface area contributed by atoms with Crippen molar-refractivity contribution in [2.75, 3.05) is 39.8 Å². The molecule has 2 nitrogen and oxygen atoms in total. The average Bonchev–Trinajstić information content (AvgIpc) is 2.45. The molecule has 19 heavy (non-hydrogen) atoms. The summed E-state index contributed by atoms with van der Waals surface area (Å²) < 4.78 is 1.32. The van der Waals surface area contributed by atoms with Crippen LogP contribution < -0.4 is 0 Å². The van der Waals surface area contributed by atoms with Crippen LogP contribution in [0.2, 0.25) is 0 Å². The van der Waals surface area contributed by atoms with E-state index in [0.717, 1.165) is 13.0 Å². The second-order valence-corrected chi connectivity index (χ2v) is 6.83. The molecule has 0 aromatic heterocycles. The Balaban J connectivity index is 1.63. The van der Waals surface area contributed by atoms with Crippen LogP contribution in [0.4, 0.5) is 0 Å². The van der Waals surface area contributed by atoms with Crippen molar-refractivity contribution in [3.8, 4) is 0 Å². The standard InChI is InChI=1S/C16H25IN2/c1-18(13-14-19-10-3-2-4-11-19)12-9-15-5-7-16(17)8-6-15/h5-8H,2-4,9-14H2,1H3. The van der Waals surface area contributed by atoms with E-state index in [2.05, 4.69) is 63.7 Å². The zero-order valence-electron chi connectivity index (χ0n) is 11.9. The molecule has 0 amide bonds. The largest absolute Gasteiger partial charge is 0.305 e. The normalized spacial score (nSPS) is 17.0. The SMILES string of the molecule is CN(CCc1ccc(I)cc1)CCN1CCCCC1. The van der Waals surface area contributed by atoms with E-state index < -0.39 is 0 Å². The number of nitrogens with zero attached hydrogens (tertiary/aromatic N) is 2. The van der Waals surface area contributed by atoms with Crippen LogP contribution in [-0.4, -0.2) is 49.6 Å². The van der Waals surface area contributed by atoms with Gasteiger partial charge in [0, 0.05) is 23.2 Å². The highest BCUT2D eigenvalue weighted by Gasteiger charge is 2.10. The molecule has 0 radical (unpaired) electrons. The van der Waals surface area contributed by atoms with Gasteiger partial charge in [-0.15, -0.1) is 0 Å². The van der Waals surface area contributed by atoms with Gasteiger partial charge in [0.05, 0.1) is 0 Å². The van der Waals surface area contributed by atoms with Crippen molar-refractivity contribution in [2.45, 2.75) is 25.7 Å². The molecule has 2 rings (SSSR count). The van der Waals surface area contributed by atoms with Crippen LogP contribution in [0.5, 0.6) is 0 Å². The summed E-state index contributed by atoms with van der Waals surface area (Å²) in [5.74, 6) is 0. The Morgan fingerprint density at radius 1 is 1.05 bits per heavy atom. The number of piperidine rings is 1. The maximum absolute atomic E-state index is 2.62. The summed E-state index contributed by atoms with van der Waals surface area (Å²) in [6, 6.07) is 8.90. The fourth-order valence-corrected chi connectivity index (χ4v) is 2.94. The van der Waals surface area contributed by atoms with Crippen LogP contribution in [-0.2, 0) is 6.42 Å². The van der Waals surface area contributed by atoms with Crippen molar-refractivity contribution in [3.05, 3.63) is 33.4 Å². The Morgan fingerprint density at radius 2 is 1.74 bits per heavy atom. The molecule has 0 saturated carbocycles. The zero-order valence-corrected chi connectivity index (χ0v) is 14.1. The Kier molecular flexibility index (Phi) is 6.61. The van der Waals surface area contributed by atoms with Gasteiger partial charge in [-0.25, -0.2) is 0 Å².